The normalized spacial score (nSPS) is 10.5. The van der Waals surface area contributed by atoms with E-state index < -0.39 is 0 Å². The van der Waals surface area contributed by atoms with Crippen LogP contribution >= 0.6 is 23.2 Å². The number of Topliss-reactive ketones (excluding diaryl/α,β-unsaturated/α-hetero) is 1. The van der Waals surface area contributed by atoms with Crippen LogP contribution in [0.1, 0.15) is 21.5 Å². The van der Waals surface area contributed by atoms with Crippen molar-refractivity contribution in [1.29, 1.82) is 0 Å². The van der Waals surface area contributed by atoms with E-state index in [1.807, 2.05) is 6.92 Å². The van der Waals surface area contributed by atoms with Crippen molar-refractivity contribution in [1.82, 2.24) is 0 Å². The van der Waals surface area contributed by atoms with E-state index in [4.69, 9.17) is 28.9 Å². The van der Waals surface area contributed by atoms with E-state index in [0.29, 0.717) is 21.3 Å². The van der Waals surface area contributed by atoms with Gasteiger partial charge in [-0.15, -0.1) is 0 Å². The fraction of sp³-hybridized carbons (Fsp3) is 0.133. The van der Waals surface area contributed by atoms with Gasteiger partial charge in [0.05, 0.1) is 0 Å². The zero-order valence-electron chi connectivity index (χ0n) is 10.4. The van der Waals surface area contributed by atoms with Crippen LogP contribution in [0.3, 0.4) is 0 Å². The van der Waals surface area contributed by atoms with Crippen LogP contribution in [0, 0.1) is 6.92 Å². The average Bonchev–Trinajstić information content (AvgIpc) is 2.36. The van der Waals surface area contributed by atoms with Gasteiger partial charge in [-0.1, -0.05) is 41.4 Å². The van der Waals surface area contributed by atoms with Crippen LogP contribution in [0.5, 0.6) is 0 Å². The standard InChI is InChI=1S/C15H13Cl2NO/c1-9-12(3-2-4-14(9)18)15(19)7-10-5-6-11(16)8-13(10)17/h2-6,8H,7,18H2,1H3. The van der Waals surface area contributed by atoms with E-state index in [9.17, 15) is 4.79 Å². The van der Waals surface area contributed by atoms with Crippen LogP contribution in [0.2, 0.25) is 10.0 Å². The second kappa shape index (κ2) is 5.64. The molecule has 2 aromatic rings. The van der Waals surface area contributed by atoms with Crippen molar-refractivity contribution in [3.63, 3.8) is 0 Å². The lowest BCUT2D eigenvalue weighted by Gasteiger charge is -2.08. The largest absolute Gasteiger partial charge is 0.398 e. The number of rotatable bonds is 3. The zero-order valence-corrected chi connectivity index (χ0v) is 11.9. The molecule has 0 unspecified atom stereocenters. The molecule has 4 heteroatoms. The van der Waals surface area contributed by atoms with Gasteiger partial charge in [-0.2, -0.15) is 0 Å². The third-order valence-corrected chi connectivity index (χ3v) is 3.63. The lowest BCUT2D eigenvalue weighted by molar-refractivity contribution is 0.0992. The summed E-state index contributed by atoms with van der Waals surface area (Å²) in [4.78, 5) is 12.3. The molecule has 2 N–H and O–H groups in total. The Morgan fingerprint density at radius 1 is 1.21 bits per heavy atom. The van der Waals surface area contributed by atoms with Crippen LogP contribution in [0.15, 0.2) is 36.4 Å². The van der Waals surface area contributed by atoms with Crippen molar-refractivity contribution >= 4 is 34.7 Å². The molecule has 0 bridgehead atoms. The van der Waals surface area contributed by atoms with Gasteiger partial charge in [-0.25, -0.2) is 0 Å². The maximum Gasteiger partial charge on any atom is 0.167 e. The van der Waals surface area contributed by atoms with Crippen molar-refractivity contribution in [2.75, 3.05) is 5.73 Å². The number of hydrogen-bond acceptors (Lipinski definition) is 2. The van der Waals surface area contributed by atoms with Crippen molar-refractivity contribution in [3.05, 3.63) is 63.1 Å². The van der Waals surface area contributed by atoms with E-state index in [0.717, 1.165) is 11.1 Å². The highest BCUT2D eigenvalue weighted by molar-refractivity contribution is 6.35. The summed E-state index contributed by atoms with van der Waals surface area (Å²) in [5.74, 6) is -0.00553. The fourth-order valence-electron chi connectivity index (χ4n) is 1.89. The number of hydrogen-bond donors (Lipinski definition) is 1. The summed E-state index contributed by atoms with van der Waals surface area (Å²) >= 11 is 11.9. The van der Waals surface area contributed by atoms with Crippen LogP contribution in [0.4, 0.5) is 5.69 Å². The molecule has 98 valence electrons. The lowest BCUT2D eigenvalue weighted by Crippen LogP contribution is -2.07. The molecule has 0 aliphatic rings. The zero-order chi connectivity index (χ0) is 14.0. The SMILES string of the molecule is Cc1c(N)cccc1C(=O)Cc1ccc(Cl)cc1Cl. The average molecular weight is 294 g/mol. The molecule has 2 rings (SSSR count). The molecule has 0 saturated heterocycles. The number of carbonyl (C=O) groups is 1. The first-order valence-corrected chi connectivity index (χ1v) is 6.57. The minimum Gasteiger partial charge on any atom is -0.398 e. The van der Waals surface area contributed by atoms with Crippen LogP contribution in [-0.4, -0.2) is 5.78 Å². The summed E-state index contributed by atoms with van der Waals surface area (Å²) in [6, 6.07) is 10.5. The molecule has 0 fully saturated rings. The first-order valence-electron chi connectivity index (χ1n) is 5.81. The number of carbonyl (C=O) groups excluding carboxylic acids is 1. The van der Waals surface area contributed by atoms with Gasteiger partial charge in [-0.05, 0) is 36.2 Å². The Bertz CT molecular complexity index is 638. The van der Waals surface area contributed by atoms with Gasteiger partial charge >= 0.3 is 0 Å². The summed E-state index contributed by atoms with van der Waals surface area (Å²) in [6.07, 6.45) is 0.236. The first kappa shape index (κ1) is 13.9. The number of nitrogens with two attached hydrogens (primary N) is 1. The van der Waals surface area contributed by atoms with Crippen molar-refractivity contribution in [2.24, 2.45) is 0 Å². The van der Waals surface area contributed by atoms with Gasteiger partial charge in [0.25, 0.3) is 0 Å². The predicted molar refractivity (Wildman–Crippen MR) is 80.1 cm³/mol. The van der Waals surface area contributed by atoms with Crippen molar-refractivity contribution in [3.8, 4) is 0 Å². The second-order valence-corrected chi connectivity index (χ2v) is 5.20. The van der Waals surface area contributed by atoms with Gasteiger partial charge in [0.1, 0.15) is 0 Å². The highest BCUT2D eigenvalue weighted by Crippen LogP contribution is 2.24. The summed E-state index contributed by atoms with van der Waals surface area (Å²) < 4.78 is 0. The smallest absolute Gasteiger partial charge is 0.167 e. The maximum absolute atomic E-state index is 12.3. The summed E-state index contributed by atoms with van der Waals surface area (Å²) in [6.45, 7) is 1.84. The first-order chi connectivity index (χ1) is 8.99. The van der Waals surface area contributed by atoms with Crippen LogP contribution in [-0.2, 0) is 6.42 Å². The molecular weight excluding hydrogens is 281 g/mol. The number of anilines is 1. The Morgan fingerprint density at radius 3 is 2.63 bits per heavy atom. The summed E-state index contributed by atoms with van der Waals surface area (Å²) in [7, 11) is 0. The molecule has 0 radical (unpaired) electrons. The molecule has 0 atom stereocenters. The summed E-state index contributed by atoms with van der Waals surface area (Å²) in [5.41, 5.74) is 8.62. The molecular formula is C15H13Cl2NO. The van der Waals surface area contributed by atoms with Gasteiger partial charge in [0.2, 0.25) is 0 Å². The van der Waals surface area contributed by atoms with Crippen molar-refractivity contribution in [2.45, 2.75) is 13.3 Å². The third kappa shape index (κ3) is 3.09. The molecule has 0 aromatic heterocycles. The molecule has 0 heterocycles. The Morgan fingerprint density at radius 2 is 1.95 bits per heavy atom. The third-order valence-electron chi connectivity index (χ3n) is 3.04. The van der Waals surface area contributed by atoms with E-state index >= 15 is 0 Å². The number of halogens is 2. The van der Waals surface area contributed by atoms with Crippen LogP contribution in [0.25, 0.3) is 0 Å². The van der Waals surface area contributed by atoms with Crippen LogP contribution < -0.4 is 5.73 Å². The molecule has 0 amide bonds. The van der Waals surface area contributed by atoms with Gasteiger partial charge in [0, 0.05) is 27.7 Å². The molecule has 2 nitrogen and oxygen atoms in total. The van der Waals surface area contributed by atoms with Gasteiger partial charge in [0.15, 0.2) is 5.78 Å². The highest BCUT2D eigenvalue weighted by Gasteiger charge is 2.13. The maximum atomic E-state index is 12.3. The highest BCUT2D eigenvalue weighted by atomic mass is 35.5. The Balaban J connectivity index is 2.28. The molecule has 19 heavy (non-hydrogen) atoms. The van der Waals surface area contributed by atoms with E-state index in [1.54, 1.807) is 36.4 Å². The summed E-state index contributed by atoms with van der Waals surface area (Å²) in [5, 5.41) is 1.06. The minimum atomic E-state index is -0.00553. The van der Waals surface area contributed by atoms with E-state index in [-0.39, 0.29) is 12.2 Å². The molecule has 0 saturated carbocycles. The quantitative estimate of drug-likeness (QED) is 0.677. The molecule has 2 aromatic carbocycles. The Labute approximate surface area is 122 Å². The Hall–Kier alpha value is -1.51. The van der Waals surface area contributed by atoms with Gasteiger partial charge in [-0.3, -0.25) is 4.79 Å². The monoisotopic (exact) mass is 293 g/mol. The lowest BCUT2D eigenvalue weighted by atomic mass is 9.98. The molecule has 0 aliphatic heterocycles. The Kier molecular flexibility index (Phi) is 4.13. The number of ketones is 1. The minimum absolute atomic E-state index is 0.00553. The number of nitrogen functional groups attached to an aromatic ring is 1. The van der Waals surface area contributed by atoms with Crippen molar-refractivity contribution < 1.29 is 4.79 Å². The fourth-order valence-corrected chi connectivity index (χ4v) is 2.36. The molecule has 0 aliphatic carbocycles. The topological polar surface area (TPSA) is 43.1 Å². The second-order valence-electron chi connectivity index (χ2n) is 4.36. The van der Waals surface area contributed by atoms with E-state index in [1.165, 1.54) is 0 Å². The molecule has 0 spiro atoms. The predicted octanol–water partition coefficient (Wildman–Crippen LogP) is 4.31. The van der Waals surface area contributed by atoms with E-state index in [2.05, 4.69) is 0 Å². The van der Waals surface area contributed by atoms with Gasteiger partial charge < -0.3 is 5.73 Å². The number of benzene rings is 2.